The molecule has 0 aliphatic carbocycles. The first-order chi connectivity index (χ1) is 6.17. The van der Waals surface area contributed by atoms with Gasteiger partial charge in [0, 0.05) is 20.2 Å². The predicted molar refractivity (Wildman–Crippen MR) is 46.3 cm³/mol. The van der Waals surface area contributed by atoms with Crippen molar-refractivity contribution in [1.29, 1.82) is 0 Å². The van der Waals surface area contributed by atoms with Crippen molar-refractivity contribution in [2.24, 2.45) is 0 Å². The van der Waals surface area contributed by atoms with Gasteiger partial charge in [0.25, 0.3) is 0 Å². The fourth-order valence-corrected chi connectivity index (χ4v) is 1.39. The topological polar surface area (TPSA) is 62.2 Å². The average Bonchev–Trinajstić information content (AvgIpc) is 2.23. The van der Waals surface area contributed by atoms with E-state index in [1.807, 2.05) is 11.9 Å². The van der Waals surface area contributed by atoms with E-state index >= 15 is 0 Å². The van der Waals surface area contributed by atoms with Crippen LogP contribution < -0.4 is 0 Å². The molecule has 3 unspecified atom stereocenters. The highest BCUT2D eigenvalue weighted by molar-refractivity contribution is 4.76. The molecule has 0 saturated carbocycles. The molecular formula is C8H17NO4. The summed E-state index contributed by atoms with van der Waals surface area (Å²) in [5.74, 6) is 0. The van der Waals surface area contributed by atoms with Crippen LogP contribution in [0.25, 0.3) is 0 Å². The molecule has 1 aliphatic rings. The first-order valence-electron chi connectivity index (χ1n) is 4.33. The SMILES string of the molecule is COC1CN(C)CC(O)C(CO)O1. The van der Waals surface area contributed by atoms with E-state index in [1.54, 1.807) is 7.11 Å². The lowest BCUT2D eigenvalue weighted by atomic mass is 10.2. The third-order valence-corrected chi connectivity index (χ3v) is 2.16. The van der Waals surface area contributed by atoms with Gasteiger partial charge in [0.05, 0.1) is 12.7 Å². The van der Waals surface area contributed by atoms with Gasteiger partial charge >= 0.3 is 0 Å². The summed E-state index contributed by atoms with van der Waals surface area (Å²) < 4.78 is 10.4. The van der Waals surface area contributed by atoms with Crippen LogP contribution in [-0.2, 0) is 9.47 Å². The highest BCUT2D eigenvalue weighted by Crippen LogP contribution is 2.11. The Morgan fingerprint density at radius 3 is 2.77 bits per heavy atom. The Balaban J connectivity index is 2.57. The molecule has 5 heteroatoms. The van der Waals surface area contributed by atoms with Crippen molar-refractivity contribution in [2.45, 2.75) is 18.5 Å². The van der Waals surface area contributed by atoms with Gasteiger partial charge in [0.15, 0.2) is 6.29 Å². The normalized spacial score (nSPS) is 37.4. The highest BCUT2D eigenvalue weighted by atomic mass is 16.7. The van der Waals surface area contributed by atoms with Crippen LogP contribution in [-0.4, -0.2) is 67.5 Å². The zero-order valence-corrected chi connectivity index (χ0v) is 8.01. The Hall–Kier alpha value is -0.200. The molecule has 2 N–H and O–H groups in total. The van der Waals surface area contributed by atoms with Crippen molar-refractivity contribution in [3.05, 3.63) is 0 Å². The summed E-state index contributed by atoms with van der Waals surface area (Å²) in [5.41, 5.74) is 0. The Morgan fingerprint density at radius 2 is 2.23 bits per heavy atom. The van der Waals surface area contributed by atoms with E-state index in [-0.39, 0.29) is 12.9 Å². The van der Waals surface area contributed by atoms with E-state index in [0.717, 1.165) is 0 Å². The first kappa shape index (κ1) is 10.9. The number of aliphatic hydroxyl groups excluding tert-OH is 2. The van der Waals surface area contributed by atoms with Gasteiger partial charge in [-0.2, -0.15) is 0 Å². The molecule has 1 heterocycles. The van der Waals surface area contributed by atoms with E-state index in [1.165, 1.54) is 0 Å². The molecule has 0 radical (unpaired) electrons. The smallest absolute Gasteiger partial charge is 0.170 e. The third-order valence-electron chi connectivity index (χ3n) is 2.16. The number of hydrogen-bond donors (Lipinski definition) is 2. The predicted octanol–water partition coefficient (Wildman–Crippen LogP) is -1.36. The summed E-state index contributed by atoms with van der Waals surface area (Å²) in [6, 6.07) is 0. The largest absolute Gasteiger partial charge is 0.394 e. The summed E-state index contributed by atoms with van der Waals surface area (Å²) in [6.45, 7) is 0.907. The lowest BCUT2D eigenvalue weighted by Gasteiger charge is -2.20. The highest BCUT2D eigenvalue weighted by Gasteiger charge is 2.29. The van der Waals surface area contributed by atoms with Crippen LogP contribution in [0.1, 0.15) is 0 Å². The molecule has 3 atom stereocenters. The number of ether oxygens (including phenoxy) is 2. The molecule has 0 amide bonds. The van der Waals surface area contributed by atoms with Crippen LogP contribution >= 0.6 is 0 Å². The number of methoxy groups -OCH3 is 1. The lowest BCUT2D eigenvalue weighted by molar-refractivity contribution is -0.175. The zero-order valence-electron chi connectivity index (χ0n) is 8.01. The molecule has 0 aromatic rings. The molecule has 78 valence electrons. The van der Waals surface area contributed by atoms with Gasteiger partial charge in [0.2, 0.25) is 0 Å². The van der Waals surface area contributed by atoms with Gasteiger partial charge in [-0.15, -0.1) is 0 Å². The minimum atomic E-state index is -0.657. The van der Waals surface area contributed by atoms with Gasteiger partial charge < -0.3 is 19.7 Å². The number of likely N-dealkylation sites (N-methyl/N-ethyl adjacent to an activating group) is 1. The van der Waals surface area contributed by atoms with Crippen molar-refractivity contribution in [2.75, 3.05) is 33.9 Å². The molecule has 1 saturated heterocycles. The van der Waals surface area contributed by atoms with Crippen molar-refractivity contribution >= 4 is 0 Å². The standard InChI is InChI=1S/C8H17NO4/c1-9-3-6(11)7(5-10)13-8(4-9)12-2/h6-8,10-11H,3-5H2,1-2H3. The summed E-state index contributed by atoms with van der Waals surface area (Å²) in [4.78, 5) is 1.91. The maximum atomic E-state index is 9.55. The summed E-state index contributed by atoms with van der Waals surface area (Å²) in [6.07, 6.45) is -1.58. The molecule has 1 aliphatic heterocycles. The first-order valence-corrected chi connectivity index (χ1v) is 4.33. The zero-order chi connectivity index (χ0) is 9.84. The maximum absolute atomic E-state index is 9.55. The summed E-state index contributed by atoms with van der Waals surface area (Å²) >= 11 is 0. The number of hydrogen-bond acceptors (Lipinski definition) is 5. The molecule has 0 spiro atoms. The van der Waals surface area contributed by atoms with Crippen LogP contribution in [0.2, 0.25) is 0 Å². The minimum Gasteiger partial charge on any atom is -0.394 e. The molecule has 0 aromatic heterocycles. The van der Waals surface area contributed by atoms with Crippen LogP contribution in [0.4, 0.5) is 0 Å². The van der Waals surface area contributed by atoms with E-state index in [4.69, 9.17) is 14.6 Å². The minimum absolute atomic E-state index is 0.186. The van der Waals surface area contributed by atoms with Gasteiger partial charge in [-0.25, -0.2) is 0 Å². The van der Waals surface area contributed by atoms with Crippen molar-refractivity contribution in [1.82, 2.24) is 4.90 Å². The van der Waals surface area contributed by atoms with Gasteiger partial charge in [-0.1, -0.05) is 0 Å². The molecule has 13 heavy (non-hydrogen) atoms. The molecule has 1 fully saturated rings. The number of rotatable bonds is 2. The van der Waals surface area contributed by atoms with Crippen LogP contribution in [0.5, 0.6) is 0 Å². The average molecular weight is 191 g/mol. The number of aliphatic hydroxyl groups is 2. The third kappa shape index (κ3) is 2.89. The van der Waals surface area contributed by atoms with Crippen LogP contribution in [0.3, 0.4) is 0 Å². The van der Waals surface area contributed by atoms with Gasteiger partial charge in [-0.05, 0) is 7.05 Å². The molecule has 0 aromatic carbocycles. The van der Waals surface area contributed by atoms with Gasteiger partial charge in [-0.3, -0.25) is 4.90 Å². The molecule has 0 bridgehead atoms. The lowest BCUT2D eigenvalue weighted by Crippen LogP contribution is -2.37. The second-order valence-electron chi connectivity index (χ2n) is 3.31. The second kappa shape index (κ2) is 4.88. The van der Waals surface area contributed by atoms with E-state index in [0.29, 0.717) is 13.1 Å². The molecule has 5 nitrogen and oxygen atoms in total. The molecular weight excluding hydrogens is 174 g/mol. The Kier molecular flexibility index (Phi) is 4.08. The molecule has 1 rings (SSSR count). The number of β-amino-alcohol motifs (C(OH)–C–C–N with tert-alkyl or cyclic N) is 1. The number of nitrogens with zero attached hydrogens (tertiary/aromatic N) is 1. The summed E-state index contributed by atoms with van der Waals surface area (Å²) in [5, 5.41) is 18.5. The monoisotopic (exact) mass is 191 g/mol. The van der Waals surface area contributed by atoms with E-state index in [2.05, 4.69) is 0 Å². The maximum Gasteiger partial charge on any atom is 0.170 e. The van der Waals surface area contributed by atoms with Crippen molar-refractivity contribution < 1.29 is 19.7 Å². The van der Waals surface area contributed by atoms with Gasteiger partial charge in [0.1, 0.15) is 6.10 Å². The quantitative estimate of drug-likeness (QED) is 0.564. The van der Waals surface area contributed by atoms with Crippen LogP contribution in [0.15, 0.2) is 0 Å². The van der Waals surface area contributed by atoms with Crippen LogP contribution in [0, 0.1) is 0 Å². The summed E-state index contributed by atoms with van der Waals surface area (Å²) in [7, 11) is 3.42. The van der Waals surface area contributed by atoms with Crippen molar-refractivity contribution in [3.8, 4) is 0 Å². The fraction of sp³-hybridized carbons (Fsp3) is 1.00. The fourth-order valence-electron chi connectivity index (χ4n) is 1.39. The Bertz CT molecular complexity index is 153. The Morgan fingerprint density at radius 1 is 1.54 bits per heavy atom. The Labute approximate surface area is 77.9 Å². The van der Waals surface area contributed by atoms with E-state index in [9.17, 15) is 5.11 Å². The van der Waals surface area contributed by atoms with Crippen molar-refractivity contribution in [3.63, 3.8) is 0 Å². The van der Waals surface area contributed by atoms with E-state index < -0.39 is 12.2 Å². The second-order valence-corrected chi connectivity index (χ2v) is 3.31.